The fourth-order valence-corrected chi connectivity index (χ4v) is 5.84. The van der Waals surface area contributed by atoms with Crippen molar-refractivity contribution in [2.75, 3.05) is 0 Å². The maximum atomic E-state index is 12.2. The summed E-state index contributed by atoms with van der Waals surface area (Å²) in [6.45, 7) is 7.87. The van der Waals surface area contributed by atoms with E-state index in [-0.39, 0.29) is 0 Å². The molecule has 182 valence electrons. The summed E-state index contributed by atoms with van der Waals surface area (Å²) in [5, 5.41) is 19.7. The number of aliphatic imine (C=N–C) groups is 1. The molecule has 2 atom stereocenters. The number of benzene rings is 1. The standard InChI is InChI=1S/C27H25N5O3S/c1-5-20(27(34)35)24-25-31-30-16(4)32(25)26-22(14(2)15(3)36-26)23(29-24)18-11-9-17(10-12-18)21-8-6-7-19(13-33)28-21/h6-13,20,24H,5H2,1-4H3,(H,34,35)/t20-,24?/m0/s1. The van der Waals surface area contributed by atoms with Crippen molar-refractivity contribution < 1.29 is 14.7 Å². The van der Waals surface area contributed by atoms with Crippen LogP contribution in [-0.4, -0.2) is 42.8 Å². The quantitative estimate of drug-likeness (QED) is 0.368. The highest BCUT2D eigenvalue weighted by molar-refractivity contribution is 7.15. The number of fused-ring (bicyclic) bond motifs is 3. The van der Waals surface area contributed by atoms with Crippen LogP contribution in [0.25, 0.3) is 16.3 Å². The van der Waals surface area contributed by atoms with Gasteiger partial charge in [0.2, 0.25) is 0 Å². The summed E-state index contributed by atoms with van der Waals surface area (Å²) in [4.78, 5) is 34.0. The number of pyridine rings is 1. The van der Waals surface area contributed by atoms with E-state index in [0.29, 0.717) is 29.5 Å². The van der Waals surface area contributed by atoms with Gasteiger partial charge in [-0.3, -0.25) is 19.1 Å². The number of nitrogens with zero attached hydrogens (tertiary/aromatic N) is 5. The molecule has 9 heteroatoms. The molecule has 3 aromatic heterocycles. The molecule has 0 amide bonds. The first-order valence-electron chi connectivity index (χ1n) is 11.7. The van der Waals surface area contributed by atoms with Crippen LogP contribution in [0.3, 0.4) is 0 Å². The second kappa shape index (κ2) is 9.23. The maximum Gasteiger partial charge on any atom is 0.309 e. The van der Waals surface area contributed by atoms with E-state index in [2.05, 4.69) is 29.0 Å². The molecule has 0 radical (unpaired) electrons. The molecular formula is C27H25N5O3S. The predicted octanol–water partition coefficient (Wildman–Crippen LogP) is 5.13. The predicted molar refractivity (Wildman–Crippen MR) is 138 cm³/mol. The van der Waals surface area contributed by atoms with Gasteiger partial charge in [0.1, 0.15) is 22.6 Å². The summed E-state index contributed by atoms with van der Waals surface area (Å²) in [5.41, 5.74) is 5.63. The summed E-state index contributed by atoms with van der Waals surface area (Å²) in [7, 11) is 0. The summed E-state index contributed by atoms with van der Waals surface area (Å²) in [6.07, 6.45) is 1.14. The van der Waals surface area contributed by atoms with Gasteiger partial charge in [-0.1, -0.05) is 37.3 Å². The minimum Gasteiger partial charge on any atom is -0.481 e. The largest absolute Gasteiger partial charge is 0.481 e. The number of aliphatic carboxylic acids is 1. The summed E-state index contributed by atoms with van der Waals surface area (Å²) >= 11 is 1.64. The van der Waals surface area contributed by atoms with E-state index in [4.69, 9.17) is 4.99 Å². The van der Waals surface area contributed by atoms with Gasteiger partial charge in [0.25, 0.3) is 0 Å². The molecule has 1 aromatic carbocycles. The number of rotatable bonds is 6. The van der Waals surface area contributed by atoms with Crippen LogP contribution in [0.2, 0.25) is 0 Å². The minimum absolute atomic E-state index is 0.374. The van der Waals surface area contributed by atoms with Gasteiger partial charge in [-0.05, 0) is 44.9 Å². The molecule has 4 aromatic rings. The molecule has 1 aliphatic heterocycles. The topological polar surface area (TPSA) is 110 Å². The number of hydrogen-bond acceptors (Lipinski definition) is 7. The summed E-state index contributed by atoms with van der Waals surface area (Å²) < 4.78 is 1.97. The third-order valence-corrected chi connectivity index (χ3v) is 7.87. The van der Waals surface area contributed by atoms with E-state index >= 15 is 0 Å². The highest BCUT2D eigenvalue weighted by Gasteiger charge is 2.37. The molecule has 0 bridgehead atoms. The normalized spacial score (nSPS) is 15.4. The average Bonchev–Trinajstić information content (AvgIpc) is 3.35. The van der Waals surface area contributed by atoms with Crippen molar-refractivity contribution >= 4 is 29.3 Å². The lowest BCUT2D eigenvalue weighted by atomic mass is 9.95. The van der Waals surface area contributed by atoms with E-state index in [1.807, 2.05) is 48.7 Å². The van der Waals surface area contributed by atoms with Gasteiger partial charge in [0, 0.05) is 21.6 Å². The Bertz CT molecular complexity index is 1520. The zero-order valence-electron chi connectivity index (χ0n) is 20.4. The molecule has 1 unspecified atom stereocenters. The summed E-state index contributed by atoms with van der Waals surface area (Å²) in [5.74, 6) is -0.406. The van der Waals surface area contributed by atoms with Crippen molar-refractivity contribution in [3.63, 3.8) is 0 Å². The van der Waals surface area contributed by atoms with Gasteiger partial charge in [-0.2, -0.15) is 0 Å². The van der Waals surface area contributed by atoms with Gasteiger partial charge in [0.05, 0.1) is 17.3 Å². The van der Waals surface area contributed by atoms with Crippen molar-refractivity contribution in [3.05, 3.63) is 81.4 Å². The first-order valence-corrected chi connectivity index (χ1v) is 12.5. The van der Waals surface area contributed by atoms with Crippen molar-refractivity contribution in [2.45, 2.75) is 40.2 Å². The van der Waals surface area contributed by atoms with E-state index in [9.17, 15) is 14.7 Å². The lowest BCUT2D eigenvalue weighted by Gasteiger charge is -2.18. The molecule has 1 N–H and O–H groups in total. The molecule has 0 spiro atoms. The first-order chi connectivity index (χ1) is 17.3. The summed E-state index contributed by atoms with van der Waals surface area (Å²) in [6, 6.07) is 12.5. The second-order valence-electron chi connectivity index (χ2n) is 8.82. The molecule has 1 aliphatic rings. The number of thiophene rings is 1. The molecule has 8 nitrogen and oxygen atoms in total. The average molecular weight is 500 g/mol. The van der Waals surface area contributed by atoms with Crippen LogP contribution in [0.4, 0.5) is 0 Å². The third-order valence-electron chi connectivity index (χ3n) is 6.67. The zero-order chi connectivity index (χ0) is 25.6. The third kappa shape index (κ3) is 3.85. The number of aldehydes is 1. The second-order valence-corrected chi connectivity index (χ2v) is 10.0. The van der Waals surface area contributed by atoms with E-state index < -0.39 is 17.9 Å². The van der Waals surface area contributed by atoms with Crippen molar-refractivity contribution in [3.8, 4) is 16.3 Å². The number of carboxylic acid groups (broad SMARTS) is 1. The Morgan fingerprint density at radius 3 is 2.50 bits per heavy atom. The zero-order valence-corrected chi connectivity index (χ0v) is 21.2. The Balaban J connectivity index is 1.71. The molecule has 0 saturated carbocycles. The Labute approximate surface area is 212 Å². The number of carboxylic acids is 1. The van der Waals surface area contributed by atoms with E-state index in [1.54, 1.807) is 23.5 Å². The lowest BCUT2D eigenvalue weighted by Crippen LogP contribution is -2.23. The molecule has 0 saturated heterocycles. The van der Waals surface area contributed by atoms with Gasteiger partial charge in [-0.15, -0.1) is 21.5 Å². The van der Waals surface area contributed by atoms with Gasteiger partial charge in [-0.25, -0.2) is 4.98 Å². The van der Waals surface area contributed by atoms with Crippen molar-refractivity contribution in [1.29, 1.82) is 0 Å². The molecule has 4 heterocycles. The van der Waals surface area contributed by atoms with Crippen LogP contribution in [0, 0.1) is 26.7 Å². The highest BCUT2D eigenvalue weighted by Crippen LogP contribution is 2.41. The van der Waals surface area contributed by atoms with Crippen LogP contribution >= 0.6 is 11.3 Å². The molecule has 36 heavy (non-hydrogen) atoms. The molecular weight excluding hydrogens is 474 g/mol. The molecule has 0 fully saturated rings. The van der Waals surface area contributed by atoms with Crippen LogP contribution in [-0.2, 0) is 4.79 Å². The van der Waals surface area contributed by atoms with E-state index in [0.717, 1.165) is 44.1 Å². The number of carbonyl (C=O) groups is 2. The minimum atomic E-state index is -0.910. The smallest absolute Gasteiger partial charge is 0.309 e. The van der Waals surface area contributed by atoms with Crippen molar-refractivity contribution in [1.82, 2.24) is 19.7 Å². The maximum absolute atomic E-state index is 12.2. The van der Waals surface area contributed by atoms with Gasteiger partial charge >= 0.3 is 5.97 Å². The van der Waals surface area contributed by atoms with Crippen LogP contribution in [0.15, 0.2) is 47.5 Å². The first kappa shape index (κ1) is 23.7. The Morgan fingerprint density at radius 2 is 1.83 bits per heavy atom. The lowest BCUT2D eigenvalue weighted by molar-refractivity contribution is -0.142. The van der Waals surface area contributed by atoms with Gasteiger partial charge in [0.15, 0.2) is 12.1 Å². The number of hydrogen-bond donors (Lipinski definition) is 1. The van der Waals surface area contributed by atoms with E-state index in [1.165, 1.54) is 0 Å². The fraction of sp³-hybridized carbons (Fsp3) is 0.259. The number of aromatic nitrogens is 4. The van der Waals surface area contributed by atoms with Crippen LogP contribution in [0.5, 0.6) is 0 Å². The van der Waals surface area contributed by atoms with Gasteiger partial charge < -0.3 is 5.11 Å². The fourth-order valence-electron chi connectivity index (χ4n) is 4.63. The number of carbonyl (C=O) groups excluding carboxylic acids is 1. The Kier molecular flexibility index (Phi) is 6.09. The highest BCUT2D eigenvalue weighted by atomic mass is 32.1. The van der Waals surface area contributed by atoms with Crippen LogP contribution < -0.4 is 0 Å². The molecule has 0 aliphatic carbocycles. The Hall–Kier alpha value is -3.98. The van der Waals surface area contributed by atoms with Crippen LogP contribution in [0.1, 0.15) is 63.1 Å². The SMILES string of the molecule is CC[C@H](C(=O)O)C1N=C(c2ccc(-c3cccc(C=O)n3)cc2)c2c(sc(C)c2C)-n2c(C)nnc21. The Morgan fingerprint density at radius 1 is 1.11 bits per heavy atom. The van der Waals surface area contributed by atoms with Crippen molar-refractivity contribution in [2.24, 2.45) is 10.9 Å². The number of aryl methyl sites for hydroxylation is 2. The monoisotopic (exact) mass is 499 g/mol. The molecule has 5 rings (SSSR count).